The lowest BCUT2D eigenvalue weighted by atomic mass is 10.1. The zero-order chi connectivity index (χ0) is 14.5. The van der Waals surface area contributed by atoms with Gasteiger partial charge >= 0.3 is 0 Å². The van der Waals surface area contributed by atoms with Crippen molar-refractivity contribution in [3.63, 3.8) is 0 Å². The summed E-state index contributed by atoms with van der Waals surface area (Å²) in [5, 5.41) is 10.5. The highest BCUT2D eigenvalue weighted by molar-refractivity contribution is 5.77. The van der Waals surface area contributed by atoms with E-state index in [4.69, 9.17) is 5.73 Å². The molecule has 0 aliphatic heterocycles. The number of carbonyl (C=O) groups is 1. The van der Waals surface area contributed by atoms with Crippen molar-refractivity contribution in [2.45, 2.75) is 20.0 Å². The molecular weight excluding hydrogens is 261 g/mol. The normalized spacial score (nSPS) is 10.6. The van der Waals surface area contributed by atoms with E-state index in [1.807, 2.05) is 6.92 Å². The molecule has 0 atom stereocenters. The van der Waals surface area contributed by atoms with Crippen LogP contribution in [0, 0.1) is 12.7 Å². The molecule has 1 aromatic carbocycles. The molecule has 20 heavy (non-hydrogen) atoms. The second-order valence-corrected chi connectivity index (χ2v) is 4.46. The summed E-state index contributed by atoms with van der Waals surface area (Å²) in [7, 11) is 0. The maximum Gasteiger partial charge on any atom is 0.234 e. The van der Waals surface area contributed by atoms with Crippen molar-refractivity contribution in [3.05, 3.63) is 47.0 Å². The van der Waals surface area contributed by atoms with E-state index in [-0.39, 0.29) is 24.8 Å². The smallest absolute Gasteiger partial charge is 0.234 e. The second kappa shape index (κ2) is 6.25. The van der Waals surface area contributed by atoms with E-state index < -0.39 is 0 Å². The van der Waals surface area contributed by atoms with Crippen molar-refractivity contribution >= 4 is 5.91 Å². The molecule has 0 unspecified atom stereocenters. The lowest BCUT2D eigenvalue weighted by Crippen LogP contribution is -2.29. The zero-order valence-electron chi connectivity index (χ0n) is 11.1. The maximum absolute atomic E-state index is 13.2. The molecule has 0 aliphatic carbocycles. The van der Waals surface area contributed by atoms with Crippen molar-refractivity contribution in [2.24, 2.45) is 5.73 Å². The first-order valence-electron chi connectivity index (χ1n) is 6.19. The molecule has 0 saturated heterocycles. The van der Waals surface area contributed by atoms with Gasteiger partial charge in [-0.15, -0.1) is 5.10 Å². The molecule has 7 heteroatoms. The molecule has 0 bridgehead atoms. The van der Waals surface area contributed by atoms with E-state index >= 15 is 0 Å². The molecule has 0 saturated carbocycles. The number of rotatable bonds is 5. The molecule has 0 aliphatic rings. The second-order valence-electron chi connectivity index (χ2n) is 4.46. The molecule has 2 aromatic rings. The topological polar surface area (TPSA) is 85.8 Å². The Kier molecular flexibility index (Phi) is 4.41. The number of benzene rings is 1. The third kappa shape index (κ3) is 3.61. The molecular formula is C13H16FN5O. The molecule has 0 radical (unpaired) electrons. The van der Waals surface area contributed by atoms with Gasteiger partial charge in [-0.3, -0.25) is 4.79 Å². The van der Waals surface area contributed by atoms with Gasteiger partial charge in [-0.05, 0) is 30.2 Å². The van der Waals surface area contributed by atoms with E-state index in [2.05, 4.69) is 15.6 Å². The fraction of sp³-hybridized carbons (Fsp3) is 0.308. The predicted octanol–water partition coefficient (Wildman–Crippen LogP) is 0.349. The maximum atomic E-state index is 13.2. The van der Waals surface area contributed by atoms with Gasteiger partial charge in [-0.25, -0.2) is 9.07 Å². The van der Waals surface area contributed by atoms with Gasteiger partial charge in [0.1, 0.15) is 11.5 Å². The number of carbonyl (C=O) groups excluding carboxylic acids is 1. The number of nitrogens with two attached hydrogens (primary N) is 1. The van der Waals surface area contributed by atoms with Crippen molar-refractivity contribution in [1.82, 2.24) is 20.3 Å². The first-order valence-corrected chi connectivity index (χ1v) is 6.19. The highest BCUT2D eigenvalue weighted by atomic mass is 19.1. The summed E-state index contributed by atoms with van der Waals surface area (Å²) < 4.78 is 14.8. The standard InChI is InChI=1S/C13H16FN5O/c1-9-2-3-11(14)4-10(9)7-19-8-12(17-18-19)6-16-13(20)5-15/h2-4,8H,5-7,15H2,1H3,(H,16,20). The number of hydrogen-bond donors (Lipinski definition) is 2. The van der Waals surface area contributed by atoms with Crippen LogP contribution in [0.2, 0.25) is 0 Å². The van der Waals surface area contributed by atoms with Crippen molar-refractivity contribution in [3.8, 4) is 0 Å². The number of amides is 1. The van der Waals surface area contributed by atoms with Gasteiger partial charge in [0.15, 0.2) is 0 Å². The third-order valence-corrected chi connectivity index (χ3v) is 2.88. The van der Waals surface area contributed by atoms with E-state index in [9.17, 15) is 9.18 Å². The minimum Gasteiger partial charge on any atom is -0.349 e. The van der Waals surface area contributed by atoms with Crippen LogP contribution in [0.1, 0.15) is 16.8 Å². The molecule has 3 N–H and O–H groups in total. The van der Waals surface area contributed by atoms with Crippen LogP contribution in [0.15, 0.2) is 24.4 Å². The Morgan fingerprint density at radius 3 is 3.05 bits per heavy atom. The van der Waals surface area contributed by atoms with E-state index in [1.54, 1.807) is 16.9 Å². The Balaban J connectivity index is 2.02. The Labute approximate surface area is 115 Å². The number of nitrogens with zero attached hydrogens (tertiary/aromatic N) is 3. The van der Waals surface area contributed by atoms with Crippen LogP contribution >= 0.6 is 0 Å². The fourth-order valence-electron chi connectivity index (χ4n) is 1.74. The largest absolute Gasteiger partial charge is 0.349 e. The van der Waals surface area contributed by atoms with Gasteiger partial charge in [-0.1, -0.05) is 11.3 Å². The van der Waals surface area contributed by atoms with Crippen molar-refractivity contribution in [1.29, 1.82) is 0 Å². The van der Waals surface area contributed by atoms with Crippen LogP contribution in [0.5, 0.6) is 0 Å². The molecule has 2 rings (SSSR count). The van der Waals surface area contributed by atoms with E-state index in [0.717, 1.165) is 11.1 Å². The summed E-state index contributed by atoms with van der Waals surface area (Å²) in [6.45, 7) is 2.56. The van der Waals surface area contributed by atoms with Gasteiger partial charge in [-0.2, -0.15) is 0 Å². The number of aromatic nitrogens is 3. The Bertz CT molecular complexity index is 611. The van der Waals surface area contributed by atoms with Crippen LogP contribution in [-0.2, 0) is 17.9 Å². The summed E-state index contributed by atoms with van der Waals surface area (Å²) in [5.74, 6) is -0.526. The zero-order valence-corrected chi connectivity index (χ0v) is 11.1. The Hall–Kier alpha value is -2.28. The minimum atomic E-state index is -0.277. The lowest BCUT2D eigenvalue weighted by Gasteiger charge is -2.05. The average molecular weight is 277 g/mol. The van der Waals surface area contributed by atoms with E-state index in [0.29, 0.717) is 12.2 Å². The molecule has 0 fully saturated rings. The summed E-state index contributed by atoms with van der Waals surface area (Å²) in [4.78, 5) is 11.0. The number of nitrogens with one attached hydrogen (secondary N) is 1. The fourth-order valence-corrected chi connectivity index (χ4v) is 1.74. The van der Waals surface area contributed by atoms with Crippen LogP contribution in [-0.4, -0.2) is 27.4 Å². The van der Waals surface area contributed by atoms with E-state index in [1.165, 1.54) is 12.1 Å². The highest BCUT2D eigenvalue weighted by Crippen LogP contribution is 2.11. The summed E-state index contributed by atoms with van der Waals surface area (Å²) in [6, 6.07) is 4.63. The SMILES string of the molecule is Cc1ccc(F)cc1Cn1cc(CNC(=O)CN)nn1. The first-order chi connectivity index (χ1) is 9.58. The first kappa shape index (κ1) is 14.1. The van der Waals surface area contributed by atoms with Crippen LogP contribution < -0.4 is 11.1 Å². The molecule has 0 spiro atoms. The minimum absolute atomic E-state index is 0.0589. The monoisotopic (exact) mass is 277 g/mol. The Morgan fingerprint density at radius 2 is 2.30 bits per heavy atom. The van der Waals surface area contributed by atoms with Crippen molar-refractivity contribution in [2.75, 3.05) is 6.54 Å². The molecule has 106 valence electrons. The van der Waals surface area contributed by atoms with Crippen LogP contribution in [0.4, 0.5) is 4.39 Å². The summed E-state index contributed by atoms with van der Waals surface area (Å²) in [6.07, 6.45) is 1.71. The molecule has 1 aromatic heterocycles. The third-order valence-electron chi connectivity index (χ3n) is 2.88. The summed E-state index contributed by atoms with van der Waals surface area (Å²) in [5.41, 5.74) is 7.64. The average Bonchev–Trinajstić information content (AvgIpc) is 2.88. The van der Waals surface area contributed by atoms with Crippen LogP contribution in [0.25, 0.3) is 0 Å². The highest BCUT2D eigenvalue weighted by Gasteiger charge is 2.06. The van der Waals surface area contributed by atoms with Crippen molar-refractivity contribution < 1.29 is 9.18 Å². The number of aryl methyl sites for hydroxylation is 1. The lowest BCUT2D eigenvalue weighted by molar-refractivity contribution is -0.119. The van der Waals surface area contributed by atoms with Gasteiger partial charge < -0.3 is 11.1 Å². The number of hydrogen-bond acceptors (Lipinski definition) is 4. The molecule has 1 heterocycles. The van der Waals surface area contributed by atoms with Gasteiger partial charge in [0.2, 0.25) is 5.91 Å². The van der Waals surface area contributed by atoms with Gasteiger partial charge in [0, 0.05) is 0 Å². The quantitative estimate of drug-likeness (QED) is 0.825. The Morgan fingerprint density at radius 1 is 1.50 bits per heavy atom. The van der Waals surface area contributed by atoms with Crippen LogP contribution in [0.3, 0.4) is 0 Å². The number of halogens is 1. The predicted molar refractivity (Wildman–Crippen MR) is 71.2 cm³/mol. The van der Waals surface area contributed by atoms with Gasteiger partial charge in [0.25, 0.3) is 0 Å². The van der Waals surface area contributed by atoms with Gasteiger partial charge in [0.05, 0.1) is 25.8 Å². The summed E-state index contributed by atoms with van der Waals surface area (Å²) >= 11 is 0. The molecule has 1 amide bonds. The molecule has 6 nitrogen and oxygen atoms in total.